The first-order chi connectivity index (χ1) is 45.7. The van der Waals surface area contributed by atoms with Crippen molar-refractivity contribution in [1.29, 1.82) is 0 Å². The van der Waals surface area contributed by atoms with Crippen LogP contribution in [0.5, 0.6) is 0 Å². The second-order valence-corrected chi connectivity index (χ2v) is 29.6. The largest absolute Gasteiger partial charge is 0.379 e. The maximum atomic E-state index is 15.3. The maximum Gasteiger partial charge on any atom is 0.270 e. The van der Waals surface area contributed by atoms with Crippen LogP contribution in [0, 0.1) is 35.5 Å². The van der Waals surface area contributed by atoms with Crippen molar-refractivity contribution in [2.45, 2.75) is 260 Å². The lowest BCUT2D eigenvalue weighted by Crippen LogP contribution is -2.72. The van der Waals surface area contributed by atoms with Crippen LogP contribution in [0.1, 0.15) is 181 Å². The average molecular weight is 1390 g/mol. The molecule has 3 fully saturated rings. The third-order valence-electron chi connectivity index (χ3n) is 19.3. The van der Waals surface area contributed by atoms with Crippen molar-refractivity contribution in [1.82, 2.24) is 60.6 Å². The molecule has 28 heteroatoms. The summed E-state index contributed by atoms with van der Waals surface area (Å²) in [6, 6.07) is -13.8. The first kappa shape index (κ1) is 85.7. The van der Waals surface area contributed by atoms with Gasteiger partial charge in [0.2, 0.25) is 65.0 Å². The Balaban J connectivity index is 2.29. The summed E-state index contributed by atoms with van der Waals surface area (Å²) in [5.41, 5.74) is 5.41. The molecule has 560 valence electrons. The third-order valence-corrected chi connectivity index (χ3v) is 19.3. The number of primary amides is 1. The molecule has 3 aliphatic rings. The van der Waals surface area contributed by atoms with Crippen LogP contribution >= 0.6 is 0 Å². The molecule has 0 unspecified atom stereocenters. The van der Waals surface area contributed by atoms with Gasteiger partial charge in [-0.3, -0.25) is 67.3 Å². The quantitative estimate of drug-likeness (QED) is 0.0919. The molecule has 0 aromatic rings. The van der Waals surface area contributed by atoms with Crippen LogP contribution in [0.4, 0.5) is 0 Å². The Bertz CT molecular complexity index is 2690. The standard InChI is InChI=1S/C70H125N13O15/c1-23-50-66(91)76(17)48(15)65(90)81(22)57(49(16)97-34-28-27-31-82-32-35-96-36-33-82)62(87)75-55(43(8)9)69(94)77(18)51(37-40(2)3)61(86)72-46(13)60(85)73-47(14)64(89)78(19)52(38-41(4)5)67(92)79(20)53(39-42(6)7)68(93)80(21)56(44(10)11)70(95)83-58(63(88)74-50)59(98-83)45(12)29-25-24-26-30-54(71)84/h40-53,55-59H,23-39H2,1-22H3,(H2,71,84)(H,72,86)(H,73,85)(H,74,88)(H,75,87)/t45-,46+,47-,48-,49-,50+,51+,52+,53+,55+,56+,57+,58+,59-/m1/s1. The zero-order valence-electron chi connectivity index (χ0n) is 63.3. The van der Waals surface area contributed by atoms with Gasteiger partial charge in [-0.25, -0.2) is 5.06 Å². The fourth-order valence-electron chi connectivity index (χ4n) is 13.0. The highest BCUT2D eigenvalue weighted by Gasteiger charge is 2.55. The summed E-state index contributed by atoms with van der Waals surface area (Å²) in [4.78, 5) is 191. The van der Waals surface area contributed by atoms with Crippen LogP contribution in [0.3, 0.4) is 0 Å². The van der Waals surface area contributed by atoms with E-state index in [1.54, 1.807) is 41.5 Å². The lowest BCUT2D eigenvalue weighted by molar-refractivity contribution is -0.322. The summed E-state index contributed by atoms with van der Waals surface area (Å²) in [6.07, 6.45) is 2.46. The summed E-state index contributed by atoms with van der Waals surface area (Å²) in [6.45, 7) is 31.6. The summed E-state index contributed by atoms with van der Waals surface area (Å²) >= 11 is 0. The van der Waals surface area contributed by atoms with Crippen LogP contribution in [-0.2, 0) is 71.8 Å². The number of likely N-dealkylation sites (N-methyl/N-ethyl adjacent to an activating group) is 6. The zero-order valence-corrected chi connectivity index (χ0v) is 63.3. The molecule has 98 heavy (non-hydrogen) atoms. The maximum absolute atomic E-state index is 15.3. The molecule has 0 bridgehead atoms. The van der Waals surface area contributed by atoms with E-state index in [0.29, 0.717) is 45.3 Å². The molecule has 0 saturated carbocycles. The molecule has 3 rings (SSSR count). The zero-order chi connectivity index (χ0) is 74.5. The van der Waals surface area contributed by atoms with Crippen molar-refractivity contribution in [2.75, 3.05) is 81.7 Å². The highest BCUT2D eigenvalue weighted by molar-refractivity contribution is 6.00. The topological polar surface area (TPSA) is 333 Å². The van der Waals surface area contributed by atoms with Crippen molar-refractivity contribution in [3.63, 3.8) is 0 Å². The van der Waals surface area contributed by atoms with E-state index in [1.165, 1.54) is 92.5 Å². The number of carbonyl (C=O) groups is 12. The summed E-state index contributed by atoms with van der Waals surface area (Å²) in [5, 5.41) is 12.1. The number of nitrogens with zero attached hydrogens (tertiary/aromatic N) is 8. The van der Waals surface area contributed by atoms with E-state index in [0.717, 1.165) is 31.1 Å². The number of morpholine rings is 1. The fraction of sp³-hybridized carbons (Fsp3) is 0.829. The van der Waals surface area contributed by atoms with Crippen LogP contribution in [0.25, 0.3) is 0 Å². The smallest absolute Gasteiger partial charge is 0.270 e. The van der Waals surface area contributed by atoms with Crippen LogP contribution in [0.2, 0.25) is 0 Å². The Morgan fingerprint density at radius 3 is 1.57 bits per heavy atom. The van der Waals surface area contributed by atoms with Gasteiger partial charge in [0, 0.05) is 68.4 Å². The lowest BCUT2D eigenvalue weighted by Gasteiger charge is -2.50. The Labute approximate surface area is 584 Å². The molecule has 28 nitrogen and oxygen atoms in total. The number of nitrogens with one attached hydrogen (secondary N) is 4. The van der Waals surface area contributed by atoms with Gasteiger partial charge in [0.1, 0.15) is 66.5 Å². The molecule has 3 aliphatic heterocycles. The monoisotopic (exact) mass is 1390 g/mol. The number of hydrogen-bond acceptors (Lipinski definition) is 16. The molecule has 0 aromatic carbocycles. The summed E-state index contributed by atoms with van der Waals surface area (Å²) in [7, 11) is 8.60. The molecule has 6 N–H and O–H groups in total. The molecule has 3 saturated heterocycles. The lowest BCUT2D eigenvalue weighted by atomic mass is 9.88. The molecule has 0 radical (unpaired) electrons. The van der Waals surface area contributed by atoms with Gasteiger partial charge in [0.15, 0.2) is 6.04 Å². The predicted molar refractivity (Wildman–Crippen MR) is 371 cm³/mol. The number of ether oxygens (including phenoxy) is 2. The number of rotatable bonds is 23. The van der Waals surface area contributed by atoms with E-state index in [2.05, 4.69) is 26.2 Å². The summed E-state index contributed by atoms with van der Waals surface area (Å²) < 4.78 is 11.9. The SMILES string of the molecule is CC[C@@H]1NC(=O)[C@@H]2[C@@H]([C@H](C)CCCCCC(N)=O)ON2C(=O)[C@H](C(C)C)N(C)C(=O)[C@H](CC(C)C)N(C)C(=O)[C@H](CC(C)C)N(C)C(=O)[C@@H](C)NC(=O)[C@H](C)NC(=O)[C@H](CC(C)C)N(C)C(=O)[C@H](C(C)C)NC(=O)[C@H]([C@@H](C)OCCCCN2CCOCC2)N(C)C(=O)[C@@H](C)N(C)C1=O. The minimum Gasteiger partial charge on any atom is -0.379 e. The van der Waals surface area contributed by atoms with Crippen LogP contribution in [-0.4, -0.2) is 271 Å². The van der Waals surface area contributed by atoms with Crippen molar-refractivity contribution in [3.8, 4) is 0 Å². The average Bonchev–Trinajstić information content (AvgIpc) is 0.756. The van der Waals surface area contributed by atoms with Crippen molar-refractivity contribution in [2.24, 2.45) is 41.2 Å². The Hall–Kier alpha value is -6.52. The van der Waals surface area contributed by atoms with Gasteiger partial charge in [0.25, 0.3) is 5.91 Å². The minimum atomic E-state index is -1.40. The Morgan fingerprint density at radius 2 is 1.04 bits per heavy atom. The number of amides is 12. The highest BCUT2D eigenvalue weighted by atomic mass is 16.7. The molecule has 0 spiro atoms. The molecule has 3 heterocycles. The Morgan fingerprint density at radius 1 is 0.520 bits per heavy atom. The first-order valence-corrected chi connectivity index (χ1v) is 35.7. The highest BCUT2D eigenvalue weighted by Crippen LogP contribution is 2.34. The molecule has 14 atom stereocenters. The molecule has 12 amide bonds. The number of hydroxylamine groups is 2. The number of hydrogen-bond donors (Lipinski definition) is 5. The van der Waals surface area contributed by atoms with E-state index < -0.39 is 161 Å². The summed E-state index contributed by atoms with van der Waals surface area (Å²) in [5.74, 6) is -10.0. The molecule has 0 aliphatic carbocycles. The van der Waals surface area contributed by atoms with E-state index in [1.807, 2.05) is 48.5 Å². The Kier molecular flexibility index (Phi) is 35.0. The molecular formula is C70H125N13O15. The molecular weight excluding hydrogens is 1260 g/mol. The number of nitrogens with two attached hydrogens (primary N) is 1. The van der Waals surface area contributed by atoms with E-state index >= 15 is 24.0 Å². The molecule has 0 aromatic heterocycles. The van der Waals surface area contributed by atoms with Gasteiger partial charge in [-0.15, -0.1) is 0 Å². The van der Waals surface area contributed by atoms with Crippen LogP contribution in [0.15, 0.2) is 0 Å². The van der Waals surface area contributed by atoms with Gasteiger partial charge < -0.3 is 65.9 Å². The van der Waals surface area contributed by atoms with Gasteiger partial charge in [0.05, 0.1) is 19.3 Å². The third kappa shape index (κ3) is 23.8. The van der Waals surface area contributed by atoms with Gasteiger partial charge in [-0.05, 0) is 121 Å². The number of carbonyl (C=O) groups excluding carboxylic acids is 12. The van der Waals surface area contributed by atoms with Crippen molar-refractivity contribution in [3.05, 3.63) is 0 Å². The minimum absolute atomic E-state index is 0.0256. The van der Waals surface area contributed by atoms with Crippen LogP contribution < -0.4 is 27.0 Å². The fourth-order valence-corrected chi connectivity index (χ4v) is 13.0. The number of fused-ring (bicyclic) bond motifs is 1. The van der Waals surface area contributed by atoms with Crippen molar-refractivity contribution >= 4 is 70.9 Å². The predicted octanol–water partition coefficient (Wildman–Crippen LogP) is 2.92. The van der Waals surface area contributed by atoms with Crippen molar-refractivity contribution < 1.29 is 71.8 Å². The van der Waals surface area contributed by atoms with Gasteiger partial charge in [-0.1, -0.05) is 95.9 Å². The van der Waals surface area contributed by atoms with E-state index in [9.17, 15) is 33.6 Å². The number of unbranched alkanes of at least 4 members (excludes halogenated alkanes) is 3. The first-order valence-electron chi connectivity index (χ1n) is 35.7. The van der Waals surface area contributed by atoms with E-state index in [4.69, 9.17) is 20.0 Å². The second kappa shape index (κ2) is 40.1. The van der Waals surface area contributed by atoms with Gasteiger partial charge >= 0.3 is 0 Å². The second-order valence-electron chi connectivity index (χ2n) is 29.6. The normalized spacial score (nSPS) is 27.8. The van der Waals surface area contributed by atoms with E-state index in [-0.39, 0.29) is 62.4 Å². The van der Waals surface area contributed by atoms with Gasteiger partial charge in [-0.2, -0.15) is 0 Å².